The average molecular weight is 455 g/mol. The normalized spacial score (nSPS) is 17.3. The predicted molar refractivity (Wildman–Crippen MR) is 121 cm³/mol. The number of imidazole rings is 1. The molecule has 0 saturated carbocycles. The minimum absolute atomic E-state index is 0.0690. The van der Waals surface area contributed by atoms with Gasteiger partial charge in [-0.2, -0.15) is 0 Å². The molecule has 1 aromatic heterocycles. The van der Waals surface area contributed by atoms with Crippen LogP contribution in [0.15, 0.2) is 54.7 Å². The first-order valence-electron chi connectivity index (χ1n) is 10.9. The number of hydrogen-bond donors (Lipinski definition) is 1. The Balaban J connectivity index is 1.85. The van der Waals surface area contributed by atoms with E-state index >= 15 is 0 Å². The van der Waals surface area contributed by atoms with E-state index in [0.717, 1.165) is 23.8 Å². The second-order valence-electron chi connectivity index (χ2n) is 9.38. The summed E-state index contributed by atoms with van der Waals surface area (Å²) in [5, 5.41) is 0. The summed E-state index contributed by atoms with van der Waals surface area (Å²) in [5.74, 6) is -0.546. The minimum atomic E-state index is -0.566. The molecule has 0 bridgehead atoms. The van der Waals surface area contributed by atoms with Gasteiger partial charge in [-0.15, -0.1) is 0 Å². The largest absolute Gasteiger partial charge is 0.443 e. The molecular formula is C25H28F2N4O2. The maximum Gasteiger partial charge on any atom is 0.410 e. The monoisotopic (exact) mass is 454 g/mol. The number of benzene rings is 2. The molecule has 0 spiro atoms. The summed E-state index contributed by atoms with van der Waals surface area (Å²) in [4.78, 5) is 19.1. The van der Waals surface area contributed by atoms with Crippen LogP contribution in [0.1, 0.15) is 38.2 Å². The molecule has 6 nitrogen and oxygen atoms in total. The van der Waals surface area contributed by atoms with Gasteiger partial charge in [0.15, 0.2) is 0 Å². The van der Waals surface area contributed by atoms with Crippen LogP contribution in [-0.4, -0.2) is 39.7 Å². The van der Waals surface area contributed by atoms with E-state index in [1.807, 2.05) is 55.7 Å². The van der Waals surface area contributed by atoms with Crippen molar-refractivity contribution in [1.29, 1.82) is 0 Å². The Morgan fingerprint density at radius 3 is 2.55 bits per heavy atom. The van der Waals surface area contributed by atoms with Gasteiger partial charge in [-0.25, -0.2) is 18.6 Å². The molecule has 3 aromatic rings. The van der Waals surface area contributed by atoms with Gasteiger partial charge in [0.2, 0.25) is 0 Å². The van der Waals surface area contributed by atoms with Gasteiger partial charge < -0.3 is 15.0 Å². The standard InChI is InChI=1S/C25H28F2N4O2/c1-25(2,3)22(31-14-18(12-28)33-24(31)32)23-29-21(19-11-17(26)9-10-20(19)27)15-30(23)13-16-7-5-4-6-8-16/h4-11,15,18,22H,12-14,28H2,1-3H3/t18-,22+/m1/s1. The second kappa shape index (κ2) is 8.94. The first kappa shape index (κ1) is 22.9. The van der Waals surface area contributed by atoms with Gasteiger partial charge in [0.05, 0.1) is 18.3 Å². The van der Waals surface area contributed by atoms with Crippen LogP contribution in [0.2, 0.25) is 0 Å². The summed E-state index contributed by atoms with van der Waals surface area (Å²) >= 11 is 0. The number of amides is 1. The van der Waals surface area contributed by atoms with Crippen molar-refractivity contribution in [3.05, 3.63) is 77.8 Å². The topological polar surface area (TPSA) is 73.4 Å². The van der Waals surface area contributed by atoms with Crippen LogP contribution in [-0.2, 0) is 11.3 Å². The highest BCUT2D eigenvalue weighted by atomic mass is 19.1. The third-order valence-corrected chi connectivity index (χ3v) is 5.75. The van der Waals surface area contributed by atoms with Gasteiger partial charge in [0.1, 0.15) is 23.6 Å². The average Bonchev–Trinajstić information content (AvgIpc) is 3.33. The molecule has 2 atom stereocenters. The maximum absolute atomic E-state index is 14.6. The Hall–Kier alpha value is -3.26. The predicted octanol–water partition coefficient (Wildman–Crippen LogP) is 4.74. The molecule has 1 fully saturated rings. The summed E-state index contributed by atoms with van der Waals surface area (Å²) in [5.41, 5.74) is 6.70. The van der Waals surface area contributed by atoms with Crippen molar-refractivity contribution in [3.63, 3.8) is 0 Å². The van der Waals surface area contributed by atoms with Gasteiger partial charge >= 0.3 is 6.09 Å². The molecule has 4 rings (SSSR count). The lowest BCUT2D eigenvalue weighted by atomic mass is 9.85. The molecule has 0 unspecified atom stereocenters. The number of rotatable bonds is 6. The number of carbonyl (C=O) groups is 1. The minimum Gasteiger partial charge on any atom is -0.443 e. The number of aromatic nitrogens is 2. The molecule has 33 heavy (non-hydrogen) atoms. The highest BCUT2D eigenvalue weighted by molar-refractivity contribution is 5.71. The van der Waals surface area contributed by atoms with E-state index in [-0.39, 0.29) is 12.1 Å². The fourth-order valence-electron chi connectivity index (χ4n) is 4.25. The summed E-state index contributed by atoms with van der Waals surface area (Å²) < 4.78 is 35.9. The smallest absolute Gasteiger partial charge is 0.410 e. The first-order chi connectivity index (χ1) is 15.7. The van der Waals surface area contributed by atoms with Crippen molar-refractivity contribution in [2.45, 2.75) is 39.5 Å². The summed E-state index contributed by atoms with van der Waals surface area (Å²) in [7, 11) is 0. The summed E-state index contributed by atoms with van der Waals surface area (Å²) in [6.07, 6.45) is 0.846. The number of nitrogens with two attached hydrogens (primary N) is 1. The van der Waals surface area contributed by atoms with Gasteiger partial charge in [0.25, 0.3) is 0 Å². The molecule has 1 aliphatic rings. The molecular weight excluding hydrogens is 426 g/mol. The van der Waals surface area contributed by atoms with Gasteiger partial charge in [-0.3, -0.25) is 4.90 Å². The van der Waals surface area contributed by atoms with Crippen LogP contribution >= 0.6 is 0 Å². The zero-order valence-corrected chi connectivity index (χ0v) is 19.0. The lowest BCUT2D eigenvalue weighted by Crippen LogP contribution is -2.40. The number of hydrogen-bond acceptors (Lipinski definition) is 4. The molecule has 2 N–H and O–H groups in total. The van der Waals surface area contributed by atoms with Crippen LogP contribution < -0.4 is 5.73 Å². The van der Waals surface area contributed by atoms with E-state index in [0.29, 0.717) is 24.6 Å². The van der Waals surface area contributed by atoms with E-state index in [1.165, 1.54) is 0 Å². The summed E-state index contributed by atoms with van der Waals surface area (Å²) in [6, 6.07) is 12.6. The number of ether oxygens (including phenoxy) is 1. The van der Waals surface area contributed by atoms with Crippen molar-refractivity contribution in [1.82, 2.24) is 14.5 Å². The number of carbonyl (C=O) groups excluding carboxylic acids is 1. The lowest BCUT2D eigenvalue weighted by Gasteiger charge is -2.36. The SMILES string of the molecule is CC(C)(C)[C@H](c1nc(-c2cc(F)ccc2F)cn1Cc1ccccc1)N1C[C@@H](CN)OC1=O. The van der Waals surface area contributed by atoms with Crippen molar-refractivity contribution in [2.24, 2.45) is 11.1 Å². The molecule has 1 amide bonds. The molecule has 2 heterocycles. The Morgan fingerprint density at radius 1 is 1.18 bits per heavy atom. The number of nitrogens with zero attached hydrogens (tertiary/aromatic N) is 3. The van der Waals surface area contributed by atoms with E-state index in [9.17, 15) is 13.6 Å². The van der Waals surface area contributed by atoms with E-state index in [2.05, 4.69) is 0 Å². The maximum atomic E-state index is 14.6. The summed E-state index contributed by atoms with van der Waals surface area (Å²) in [6.45, 7) is 7.02. The Bertz CT molecular complexity index is 1140. The van der Waals surface area contributed by atoms with Crippen molar-refractivity contribution >= 4 is 6.09 Å². The Kier molecular flexibility index (Phi) is 6.21. The fraction of sp³-hybridized carbons (Fsp3) is 0.360. The molecule has 1 aliphatic heterocycles. The van der Waals surface area contributed by atoms with Crippen LogP contribution in [0.4, 0.5) is 13.6 Å². The van der Waals surface area contributed by atoms with Crippen LogP contribution in [0.3, 0.4) is 0 Å². The first-order valence-corrected chi connectivity index (χ1v) is 10.9. The fourth-order valence-corrected chi connectivity index (χ4v) is 4.25. The van der Waals surface area contributed by atoms with Crippen molar-refractivity contribution in [2.75, 3.05) is 13.1 Å². The van der Waals surface area contributed by atoms with E-state index < -0.39 is 35.3 Å². The highest BCUT2D eigenvalue weighted by Gasteiger charge is 2.44. The Labute approximate surface area is 192 Å². The van der Waals surface area contributed by atoms with E-state index in [1.54, 1.807) is 11.1 Å². The third-order valence-electron chi connectivity index (χ3n) is 5.75. The van der Waals surface area contributed by atoms with Crippen LogP contribution in [0, 0.1) is 17.0 Å². The van der Waals surface area contributed by atoms with Crippen LogP contribution in [0.25, 0.3) is 11.3 Å². The van der Waals surface area contributed by atoms with Gasteiger partial charge in [0, 0.05) is 24.8 Å². The van der Waals surface area contributed by atoms with Gasteiger partial charge in [-0.1, -0.05) is 51.1 Å². The van der Waals surface area contributed by atoms with Crippen molar-refractivity contribution < 1.29 is 18.3 Å². The van der Waals surface area contributed by atoms with Gasteiger partial charge in [-0.05, 0) is 29.2 Å². The molecule has 1 saturated heterocycles. The molecule has 174 valence electrons. The molecule has 0 radical (unpaired) electrons. The third kappa shape index (κ3) is 4.75. The number of cyclic esters (lactones) is 1. The zero-order valence-electron chi connectivity index (χ0n) is 19.0. The molecule has 2 aromatic carbocycles. The highest BCUT2D eigenvalue weighted by Crippen LogP contribution is 2.41. The van der Waals surface area contributed by atoms with E-state index in [4.69, 9.17) is 15.5 Å². The molecule has 0 aliphatic carbocycles. The molecule has 8 heteroatoms. The Morgan fingerprint density at radius 2 is 1.91 bits per heavy atom. The second-order valence-corrected chi connectivity index (χ2v) is 9.38. The van der Waals surface area contributed by atoms with Crippen LogP contribution in [0.5, 0.6) is 0 Å². The quantitative estimate of drug-likeness (QED) is 0.584. The number of halogens is 2. The lowest BCUT2D eigenvalue weighted by molar-refractivity contribution is 0.104. The van der Waals surface area contributed by atoms with Crippen molar-refractivity contribution in [3.8, 4) is 11.3 Å². The zero-order chi connectivity index (χ0) is 23.8.